The summed E-state index contributed by atoms with van der Waals surface area (Å²) in [7, 11) is 0. The lowest BCUT2D eigenvalue weighted by atomic mass is 9.98. The molecule has 0 unspecified atom stereocenters. The molecule has 1 aromatic rings. The molecule has 1 atom stereocenters. The number of aryl methyl sites for hydroxylation is 1. The third kappa shape index (κ3) is 5.98. The van der Waals surface area contributed by atoms with E-state index < -0.39 is 5.60 Å². The number of carbonyl (C=O) groups excluding carboxylic acids is 1. The first kappa shape index (κ1) is 18.5. The van der Waals surface area contributed by atoms with Crippen molar-refractivity contribution in [1.82, 2.24) is 14.9 Å². The fraction of sp³-hybridized carbons (Fsp3) is 0.722. The van der Waals surface area contributed by atoms with E-state index >= 15 is 0 Å². The van der Waals surface area contributed by atoms with Gasteiger partial charge in [-0.1, -0.05) is 0 Å². The molecule has 0 spiro atoms. The molecule has 24 heavy (non-hydrogen) atoms. The minimum absolute atomic E-state index is 0.199. The van der Waals surface area contributed by atoms with Crippen LogP contribution in [0.5, 0.6) is 6.01 Å². The van der Waals surface area contributed by atoms with Crippen molar-refractivity contribution in [2.75, 3.05) is 13.2 Å². The van der Waals surface area contributed by atoms with E-state index in [1.54, 1.807) is 6.20 Å². The maximum Gasteiger partial charge on any atom is 0.410 e. The Bertz CT molecular complexity index is 543. The Labute approximate surface area is 144 Å². The number of rotatable bonds is 5. The van der Waals surface area contributed by atoms with Crippen molar-refractivity contribution in [2.24, 2.45) is 0 Å². The van der Waals surface area contributed by atoms with Gasteiger partial charge in [-0.25, -0.2) is 14.8 Å². The van der Waals surface area contributed by atoms with Gasteiger partial charge in [0.15, 0.2) is 0 Å². The molecule has 1 aliphatic heterocycles. The number of hydrogen-bond acceptors (Lipinski definition) is 5. The van der Waals surface area contributed by atoms with Gasteiger partial charge in [-0.2, -0.15) is 0 Å². The molecule has 1 aromatic heterocycles. The molecule has 1 amide bonds. The van der Waals surface area contributed by atoms with Gasteiger partial charge in [0.25, 0.3) is 0 Å². The minimum Gasteiger partial charge on any atom is -0.463 e. The van der Waals surface area contributed by atoms with Crippen LogP contribution in [0.1, 0.15) is 58.6 Å². The van der Waals surface area contributed by atoms with Crippen LogP contribution in [0.4, 0.5) is 4.79 Å². The number of hydrogen-bond donors (Lipinski definition) is 0. The molecule has 0 aromatic carbocycles. The van der Waals surface area contributed by atoms with Gasteiger partial charge in [-0.15, -0.1) is 0 Å². The van der Waals surface area contributed by atoms with E-state index in [1.807, 2.05) is 38.7 Å². The average Bonchev–Trinajstić information content (AvgIpc) is 2.50. The molecule has 1 aliphatic rings. The van der Waals surface area contributed by atoms with Crippen LogP contribution in [-0.2, 0) is 4.74 Å². The maximum absolute atomic E-state index is 12.4. The molecule has 134 valence electrons. The molecule has 2 rings (SSSR count). The Kier molecular flexibility index (Phi) is 6.40. The lowest BCUT2D eigenvalue weighted by Gasteiger charge is -2.36. The summed E-state index contributed by atoms with van der Waals surface area (Å²) in [6, 6.07) is 2.49. The van der Waals surface area contributed by atoms with Crippen LogP contribution >= 0.6 is 0 Å². The molecule has 6 heteroatoms. The Balaban J connectivity index is 1.79. The van der Waals surface area contributed by atoms with Crippen molar-refractivity contribution >= 4 is 6.09 Å². The molecule has 0 aliphatic carbocycles. The second-order valence-corrected chi connectivity index (χ2v) is 7.29. The van der Waals surface area contributed by atoms with Gasteiger partial charge in [0.1, 0.15) is 5.60 Å². The zero-order chi connectivity index (χ0) is 17.6. The molecular weight excluding hydrogens is 306 g/mol. The van der Waals surface area contributed by atoms with Crippen molar-refractivity contribution in [3.8, 4) is 6.01 Å². The Morgan fingerprint density at radius 1 is 1.38 bits per heavy atom. The summed E-state index contributed by atoms with van der Waals surface area (Å²) in [6.07, 6.45) is 6.50. The largest absolute Gasteiger partial charge is 0.463 e. The lowest BCUT2D eigenvalue weighted by Crippen LogP contribution is -2.46. The van der Waals surface area contributed by atoms with Crippen LogP contribution in [0, 0.1) is 6.92 Å². The SMILES string of the molecule is Cc1ccnc(OCCC[C@@H]2CCCCN2C(=O)OC(C)(C)C)n1. The molecular formula is C18H29N3O3. The number of piperidine rings is 1. The number of likely N-dealkylation sites (tertiary alicyclic amines) is 1. The molecule has 0 bridgehead atoms. The summed E-state index contributed by atoms with van der Waals surface area (Å²) in [5.74, 6) is 0. The lowest BCUT2D eigenvalue weighted by molar-refractivity contribution is 0.00820. The summed E-state index contributed by atoms with van der Waals surface area (Å²) < 4.78 is 11.1. The van der Waals surface area contributed by atoms with E-state index in [-0.39, 0.29) is 12.1 Å². The van der Waals surface area contributed by atoms with Crippen molar-refractivity contribution in [3.05, 3.63) is 18.0 Å². The zero-order valence-corrected chi connectivity index (χ0v) is 15.2. The summed E-state index contributed by atoms with van der Waals surface area (Å²) in [4.78, 5) is 22.6. The molecule has 0 N–H and O–H groups in total. The van der Waals surface area contributed by atoms with Gasteiger partial charge < -0.3 is 14.4 Å². The molecule has 2 heterocycles. The quantitative estimate of drug-likeness (QED) is 0.767. The van der Waals surface area contributed by atoms with E-state index in [1.165, 1.54) is 0 Å². The van der Waals surface area contributed by atoms with E-state index in [4.69, 9.17) is 9.47 Å². The fourth-order valence-electron chi connectivity index (χ4n) is 2.84. The monoisotopic (exact) mass is 335 g/mol. The molecule has 6 nitrogen and oxygen atoms in total. The first-order valence-electron chi connectivity index (χ1n) is 8.77. The van der Waals surface area contributed by atoms with E-state index in [0.717, 1.165) is 44.3 Å². The van der Waals surface area contributed by atoms with Crippen LogP contribution in [0.25, 0.3) is 0 Å². The van der Waals surface area contributed by atoms with E-state index in [9.17, 15) is 4.79 Å². The summed E-state index contributed by atoms with van der Waals surface area (Å²) in [5.41, 5.74) is 0.438. The predicted octanol–water partition coefficient (Wildman–Crippen LogP) is 3.73. The number of ether oxygens (including phenoxy) is 2. The van der Waals surface area contributed by atoms with Crippen LogP contribution in [0.3, 0.4) is 0 Å². The molecule has 0 saturated carbocycles. The first-order chi connectivity index (χ1) is 11.3. The van der Waals surface area contributed by atoms with Crippen LogP contribution in [0.15, 0.2) is 12.3 Å². The number of aromatic nitrogens is 2. The van der Waals surface area contributed by atoms with Crippen molar-refractivity contribution in [3.63, 3.8) is 0 Å². The Morgan fingerprint density at radius 3 is 2.88 bits per heavy atom. The van der Waals surface area contributed by atoms with Gasteiger partial charge in [-0.3, -0.25) is 0 Å². The predicted molar refractivity (Wildman–Crippen MR) is 92.1 cm³/mol. The summed E-state index contributed by atoms with van der Waals surface area (Å²) in [6.45, 7) is 8.96. The second-order valence-electron chi connectivity index (χ2n) is 7.29. The van der Waals surface area contributed by atoms with Gasteiger partial charge >= 0.3 is 12.1 Å². The highest BCUT2D eigenvalue weighted by Gasteiger charge is 2.30. The fourth-order valence-corrected chi connectivity index (χ4v) is 2.84. The van der Waals surface area contributed by atoms with Crippen LogP contribution < -0.4 is 4.74 Å². The van der Waals surface area contributed by atoms with Crippen molar-refractivity contribution in [2.45, 2.75) is 71.4 Å². The Morgan fingerprint density at radius 2 is 2.17 bits per heavy atom. The summed E-state index contributed by atoms with van der Waals surface area (Å²) in [5, 5.41) is 0. The number of amides is 1. The second kappa shape index (κ2) is 8.31. The minimum atomic E-state index is -0.454. The normalized spacial score (nSPS) is 18.3. The van der Waals surface area contributed by atoms with Crippen molar-refractivity contribution < 1.29 is 14.3 Å². The highest BCUT2D eigenvalue weighted by Crippen LogP contribution is 2.23. The highest BCUT2D eigenvalue weighted by atomic mass is 16.6. The highest BCUT2D eigenvalue weighted by molar-refractivity contribution is 5.68. The molecule has 0 radical (unpaired) electrons. The molecule has 1 fully saturated rings. The number of nitrogens with zero attached hydrogens (tertiary/aromatic N) is 3. The van der Waals surface area contributed by atoms with Crippen LogP contribution in [-0.4, -0.2) is 45.8 Å². The first-order valence-corrected chi connectivity index (χ1v) is 8.77. The zero-order valence-electron chi connectivity index (χ0n) is 15.2. The smallest absolute Gasteiger partial charge is 0.410 e. The van der Waals surface area contributed by atoms with E-state index in [0.29, 0.717) is 12.6 Å². The summed E-state index contributed by atoms with van der Waals surface area (Å²) >= 11 is 0. The molecule has 1 saturated heterocycles. The van der Waals surface area contributed by atoms with Crippen LogP contribution in [0.2, 0.25) is 0 Å². The van der Waals surface area contributed by atoms with Gasteiger partial charge in [0.05, 0.1) is 6.61 Å². The average molecular weight is 335 g/mol. The van der Waals surface area contributed by atoms with Gasteiger partial charge in [0.2, 0.25) is 0 Å². The third-order valence-electron chi connectivity index (χ3n) is 3.94. The van der Waals surface area contributed by atoms with Gasteiger partial charge in [0, 0.05) is 24.5 Å². The number of carbonyl (C=O) groups is 1. The maximum atomic E-state index is 12.4. The third-order valence-corrected chi connectivity index (χ3v) is 3.94. The Hall–Kier alpha value is -1.85. The standard InChI is InChI=1S/C18H29N3O3/c1-14-10-11-19-16(20-14)23-13-7-9-15-8-5-6-12-21(15)17(22)24-18(2,3)4/h10-11,15H,5-9,12-13H2,1-4H3/t15-/m0/s1. The van der Waals surface area contributed by atoms with Gasteiger partial charge in [-0.05, 0) is 65.9 Å². The van der Waals surface area contributed by atoms with E-state index in [2.05, 4.69) is 9.97 Å². The van der Waals surface area contributed by atoms with Crippen molar-refractivity contribution in [1.29, 1.82) is 0 Å². The topological polar surface area (TPSA) is 64.5 Å².